The van der Waals surface area contributed by atoms with E-state index in [9.17, 15) is 25.2 Å². The van der Waals surface area contributed by atoms with Crippen LogP contribution in [0, 0.1) is 0 Å². The number of aromatic carboxylic acids is 1. The highest BCUT2D eigenvalue weighted by Crippen LogP contribution is 2.39. The van der Waals surface area contributed by atoms with E-state index in [4.69, 9.17) is 0 Å². The van der Waals surface area contributed by atoms with Crippen LogP contribution in [0.4, 0.5) is 0 Å². The number of carboxylic acid groups (broad SMARTS) is 1. The standard InChI is InChI=1S/C20H16O5/c21-15-9-5-13(6-10-15)20(25,14-7-11-16(22)12-8-14)18-4-2-1-3-17(18)19(23)24/h1-12,21-22,25H,(H,23,24)/p-3. The van der Waals surface area contributed by atoms with Gasteiger partial charge in [-0.2, -0.15) is 0 Å². The molecule has 0 bridgehead atoms. The molecular weight excluding hydrogens is 320 g/mol. The molecule has 0 aliphatic heterocycles. The summed E-state index contributed by atoms with van der Waals surface area (Å²) in [6.45, 7) is 0. The van der Waals surface area contributed by atoms with Gasteiger partial charge in [-0.05, 0) is 11.1 Å². The quantitative estimate of drug-likeness (QED) is 0.699. The Morgan fingerprint density at radius 1 is 0.760 bits per heavy atom. The Kier molecular flexibility index (Phi) is 4.17. The molecule has 3 aromatic rings. The Bertz CT molecular complexity index is 853. The molecule has 1 N–H and O–H groups in total. The monoisotopic (exact) mass is 333 g/mol. The molecule has 0 unspecified atom stereocenters. The fourth-order valence-corrected chi connectivity index (χ4v) is 2.85. The van der Waals surface area contributed by atoms with Crippen LogP contribution in [-0.4, -0.2) is 11.1 Å². The molecule has 0 aliphatic rings. The fourth-order valence-electron chi connectivity index (χ4n) is 2.85. The van der Waals surface area contributed by atoms with E-state index in [2.05, 4.69) is 0 Å². The highest BCUT2D eigenvalue weighted by atomic mass is 16.4. The summed E-state index contributed by atoms with van der Waals surface area (Å²) >= 11 is 0. The average Bonchev–Trinajstić information content (AvgIpc) is 2.62. The lowest BCUT2D eigenvalue weighted by molar-refractivity contribution is -0.268. The van der Waals surface area contributed by atoms with Crippen molar-refractivity contribution < 1.29 is 25.2 Å². The molecule has 0 radical (unpaired) electrons. The van der Waals surface area contributed by atoms with Crippen LogP contribution in [-0.2, 0) is 5.60 Å². The van der Waals surface area contributed by atoms with Crippen molar-refractivity contribution in [3.8, 4) is 11.5 Å². The zero-order valence-corrected chi connectivity index (χ0v) is 13.0. The van der Waals surface area contributed by atoms with Crippen LogP contribution in [0.5, 0.6) is 11.5 Å². The van der Waals surface area contributed by atoms with E-state index >= 15 is 0 Å². The van der Waals surface area contributed by atoms with Gasteiger partial charge in [-0.25, -0.2) is 0 Å². The second kappa shape index (κ2) is 6.30. The maximum Gasteiger partial charge on any atom is 0.141 e. The van der Waals surface area contributed by atoms with E-state index < -0.39 is 11.6 Å². The zero-order chi connectivity index (χ0) is 18.0. The fraction of sp³-hybridized carbons (Fsp3) is 0.0500. The normalized spacial score (nSPS) is 11.2. The van der Waals surface area contributed by atoms with E-state index in [0.29, 0.717) is 11.1 Å². The number of carboxylic acids is 1. The first-order valence-corrected chi connectivity index (χ1v) is 7.51. The lowest BCUT2D eigenvalue weighted by atomic mass is 9.78. The summed E-state index contributed by atoms with van der Waals surface area (Å²) in [4.78, 5) is 11.5. The largest absolute Gasteiger partial charge is 0.872 e. The molecule has 0 heterocycles. The molecule has 3 rings (SSSR count). The molecule has 0 fully saturated rings. The van der Waals surface area contributed by atoms with Gasteiger partial charge in [0.15, 0.2) is 0 Å². The Morgan fingerprint density at radius 2 is 1.20 bits per heavy atom. The van der Waals surface area contributed by atoms with Gasteiger partial charge in [0.05, 0.1) is 5.97 Å². The van der Waals surface area contributed by atoms with Gasteiger partial charge in [-0.15, -0.1) is 11.5 Å². The van der Waals surface area contributed by atoms with Crippen LogP contribution < -0.4 is 15.3 Å². The van der Waals surface area contributed by atoms with Crippen molar-refractivity contribution in [2.45, 2.75) is 5.60 Å². The molecule has 0 spiro atoms. The first-order valence-electron chi connectivity index (χ1n) is 7.51. The summed E-state index contributed by atoms with van der Waals surface area (Å²) in [5.74, 6) is -1.92. The minimum absolute atomic E-state index is 0.0901. The Morgan fingerprint density at radius 3 is 1.64 bits per heavy atom. The molecule has 0 saturated carbocycles. The molecule has 126 valence electrons. The summed E-state index contributed by atoms with van der Waals surface area (Å²) in [5.41, 5.74) is -1.34. The topological polar surface area (TPSA) is 106 Å². The summed E-state index contributed by atoms with van der Waals surface area (Å²) < 4.78 is 0. The SMILES string of the molecule is O=C([O-])c1ccccc1C(O)(c1ccc([O-])cc1)c1ccc([O-])cc1. The molecule has 25 heavy (non-hydrogen) atoms. The molecular formula is C20H13O5-3. The second-order valence-electron chi connectivity index (χ2n) is 5.59. The van der Waals surface area contributed by atoms with Crippen molar-refractivity contribution >= 4 is 5.97 Å². The number of aliphatic hydroxyl groups is 1. The van der Waals surface area contributed by atoms with Gasteiger partial charge < -0.3 is 25.2 Å². The van der Waals surface area contributed by atoms with Gasteiger partial charge in [-0.1, -0.05) is 72.8 Å². The van der Waals surface area contributed by atoms with Crippen molar-refractivity contribution in [1.82, 2.24) is 0 Å². The van der Waals surface area contributed by atoms with Crippen LogP contribution >= 0.6 is 0 Å². The molecule has 0 atom stereocenters. The van der Waals surface area contributed by atoms with Crippen LogP contribution in [0.1, 0.15) is 27.0 Å². The predicted octanol–water partition coefficient (Wildman–Crippen LogP) is 0.481. The van der Waals surface area contributed by atoms with Gasteiger partial charge in [0, 0.05) is 11.1 Å². The third-order valence-electron chi connectivity index (χ3n) is 4.08. The maximum atomic E-state index is 11.5. The minimum Gasteiger partial charge on any atom is -0.872 e. The Labute approximate surface area is 144 Å². The number of hydrogen-bond donors (Lipinski definition) is 1. The molecule has 0 aromatic heterocycles. The lowest BCUT2D eigenvalue weighted by Gasteiger charge is -2.33. The summed E-state index contributed by atoms with van der Waals surface area (Å²) in [5, 5.41) is 45.9. The summed E-state index contributed by atoms with van der Waals surface area (Å²) in [6.07, 6.45) is 0. The first kappa shape index (κ1) is 16.5. The van der Waals surface area contributed by atoms with Gasteiger partial charge >= 0.3 is 0 Å². The van der Waals surface area contributed by atoms with Gasteiger partial charge in [-0.3, -0.25) is 0 Å². The minimum atomic E-state index is -1.86. The van der Waals surface area contributed by atoms with Crippen molar-refractivity contribution in [1.29, 1.82) is 0 Å². The van der Waals surface area contributed by atoms with Crippen molar-refractivity contribution in [2.24, 2.45) is 0 Å². The van der Waals surface area contributed by atoms with E-state index in [-0.39, 0.29) is 22.6 Å². The van der Waals surface area contributed by atoms with E-state index in [1.165, 1.54) is 66.7 Å². The third-order valence-corrected chi connectivity index (χ3v) is 4.08. The van der Waals surface area contributed by atoms with Crippen molar-refractivity contribution in [3.63, 3.8) is 0 Å². The molecule has 5 nitrogen and oxygen atoms in total. The third kappa shape index (κ3) is 2.93. The number of carbonyl (C=O) groups excluding carboxylic acids is 1. The molecule has 0 saturated heterocycles. The number of carbonyl (C=O) groups is 1. The average molecular weight is 333 g/mol. The van der Waals surface area contributed by atoms with Crippen LogP contribution in [0.3, 0.4) is 0 Å². The summed E-state index contributed by atoms with van der Waals surface area (Å²) in [6, 6.07) is 16.8. The zero-order valence-electron chi connectivity index (χ0n) is 13.0. The predicted molar refractivity (Wildman–Crippen MR) is 84.6 cm³/mol. The second-order valence-corrected chi connectivity index (χ2v) is 5.59. The van der Waals surface area contributed by atoms with E-state index in [1.54, 1.807) is 6.07 Å². The van der Waals surface area contributed by atoms with Gasteiger partial charge in [0.1, 0.15) is 5.60 Å². The van der Waals surface area contributed by atoms with Crippen LogP contribution in [0.2, 0.25) is 0 Å². The van der Waals surface area contributed by atoms with Crippen molar-refractivity contribution in [3.05, 3.63) is 95.1 Å². The number of benzene rings is 3. The highest BCUT2D eigenvalue weighted by Gasteiger charge is 2.35. The number of hydrogen-bond acceptors (Lipinski definition) is 5. The van der Waals surface area contributed by atoms with E-state index in [0.717, 1.165) is 0 Å². The Hall–Kier alpha value is -3.31. The Balaban J connectivity index is 2.32. The summed E-state index contributed by atoms with van der Waals surface area (Å²) in [7, 11) is 0. The van der Waals surface area contributed by atoms with Gasteiger partial charge in [0.2, 0.25) is 0 Å². The lowest BCUT2D eigenvalue weighted by Crippen LogP contribution is -2.34. The maximum absolute atomic E-state index is 11.5. The number of rotatable bonds is 4. The van der Waals surface area contributed by atoms with Crippen LogP contribution in [0.25, 0.3) is 0 Å². The smallest absolute Gasteiger partial charge is 0.141 e. The van der Waals surface area contributed by atoms with Gasteiger partial charge in [0.25, 0.3) is 0 Å². The molecule has 3 aromatic carbocycles. The molecule has 0 amide bonds. The van der Waals surface area contributed by atoms with Crippen LogP contribution in [0.15, 0.2) is 72.8 Å². The first-order chi connectivity index (χ1) is 11.9. The highest BCUT2D eigenvalue weighted by molar-refractivity contribution is 5.88. The van der Waals surface area contributed by atoms with Crippen molar-refractivity contribution in [2.75, 3.05) is 0 Å². The van der Waals surface area contributed by atoms with E-state index in [1.807, 2.05) is 0 Å². The molecule has 0 aliphatic carbocycles. The molecule has 5 heteroatoms.